The first kappa shape index (κ1) is 20.7. The second kappa shape index (κ2) is 7.59. The molecule has 0 radical (unpaired) electrons. The van der Waals surface area contributed by atoms with Crippen molar-refractivity contribution in [1.82, 2.24) is 14.5 Å². The molecule has 1 aliphatic heterocycles. The first-order chi connectivity index (χ1) is 13.6. The van der Waals surface area contributed by atoms with Gasteiger partial charge in [0.1, 0.15) is 9.30 Å². The van der Waals surface area contributed by atoms with E-state index >= 15 is 0 Å². The lowest BCUT2D eigenvalue weighted by Gasteiger charge is -2.40. The molecule has 8 heteroatoms. The van der Waals surface area contributed by atoms with Gasteiger partial charge in [-0.15, -0.1) is 0 Å². The van der Waals surface area contributed by atoms with Crippen LogP contribution in [-0.2, 0) is 4.74 Å². The third-order valence-corrected chi connectivity index (χ3v) is 6.46. The quantitative estimate of drug-likeness (QED) is 0.438. The fraction of sp³-hybridized carbons (Fsp3) is 0.619. The molecule has 0 aromatic carbocycles. The largest absolute Gasteiger partial charge is 0.444 e. The fourth-order valence-electron chi connectivity index (χ4n) is 4.09. The number of ether oxygens (including phenoxy) is 1. The van der Waals surface area contributed by atoms with Crippen LogP contribution in [0.15, 0.2) is 12.1 Å². The van der Waals surface area contributed by atoms with Crippen molar-refractivity contribution in [3.05, 3.63) is 27.3 Å². The Kier molecular flexibility index (Phi) is 5.41. The molecule has 0 N–H and O–H groups in total. The smallest absolute Gasteiger partial charge is 0.410 e. The van der Waals surface area contributed by atoms with Crippen LogP contribution in [0.4, 0.5) is 14.9 Å². The summed E-state index contributed by atoms with van der Waals surface area (Å²) in [6.07, 6.45) is 3.60. The zero-order valence-corrected chi connectivity index (χ0v) is 19.6. The van der Waals surface area contributed by atoms with E-state index in [1.807, 2.05) is 61.3 Å². The van der Waals surface area contributed by atoms with Gasteiger partial charge in [-0.3, -0.25) is 0 Å². The van der Waals surface area contributed by atoms with Crippen LogP contribution in [0.2, 0.25) is 0 Å². The van der Waals surface area contributed by atoms with Crippen LogP contribution in [0, 0.1) is 16.4 Å². The normalized spacial score (nSPS) is 18.3. The Bertz CT molecular complexity index is 927. The third kappa shape index (κ3) is 4.32. The predicted molar refractivity (Wildman–Crippen MR) is 119 cm³/mol. The summed E-state index contributed by atoms with van der Waals surface area (Å²) in [6.45, 7) is 9.19. The number of aromatic nitrogens is 2. The lowest BCUT2D eigenvalue weighted by Crippen LogP contribution is -2.50. The number of carbonyl (C=O) groups is 1. The highest BCUT2D eigenvalue weighted by Gasteiger charge is 2.40. The standard InChI is InChI=1S/C21H28FIN4O2/c1-13-11-18-17(12-16(22)19(23)27(18)24-13)25-9-7-15(8-10-25)26(14-5-6-14)20(28)29-21(2,3)4/h11-12,14-15H,5-10H2,1-4H3. The minimum absolute atomic E-state index is 0.171. The van der Waals surface area contributed by atoms with Crippen molar-refractivity contribution in [3.8, 4) is 0 Å². The first-order valence-corrected chi connectivity index (χ1v) is 11.3. The zero-order valence-electron chi connectivity index (χ0n) is 17.4. The van der Waals surface area contributed by atoms with Crippen LogP contribution in [0.1, 0.15) is 52.1 Å². The Balaban J connectivity index is 1.51. The van der Waals surface area contributed by atoms with Gasteiger partial charge in [-0.2, -0.15) is 5.10 Å². The summed E-state index contributed by atoms with van der Waals surface area (Å²) in [6, 6.07) is 4.09. The average molecular weight is 514 g/mol. The van der Waals surface area contributed by atoms with Gasteiger partial charge in [-0.1, -0.05) is 0 Å². The maximum absolute atomic E-state index is 14.5. The van der Waals surface area contributed by atoms with Crippen molar-refractivity contribution >= 4 is 39.9 Å². The summed E-state index contributed by atoms with van der Waals surface area (Å²) >= 11 is 2.00. The number of hydrogen-bond acceptors (Lipinski definition) is 4. The van der Waals surface area contributed by atoms with E-state index in [1.165, 1.54) is 0 Å². The molecule has 1 amide bonds. The maximum Gasteiger partial charge on any atom is 0.410 e. The molecule has 1 aliphatic carbocycles. The molecule has 1 saturated heterocycles. The monoisotopic (exact) mass is 514 g/mol. The van der Waals surface area contributed by atoms with Gasteiger partial charge < -0.3 is 14.5 Å². The molecule has 3 heterocycles. The van der Waals surface area contributed by atoms with Gasteiger partial charge >= 0.3 is 6.09 Å². The molecule has 2 aliphatic rings. The fourth-order valence-corrected chi connectivity index (χ4v) is 4.61. The number of piperidine rings is 1. The van der Waals surface area contributed by atoms with Crippen molar-refractivity contribution in [2.45, 2.75) is 71.1 Å². The van der Waals surface area contributed by atoms with Gasteiger partial charge in [-0.25, -0.2) is 13.7 Å². The summed E-state index contributed by atoms with van der Waals surface area (Å²) in [5.41, 5.74) is 2.18. The van der Waals surface area contributed by atoms with Crippen LogP contribution < -0.4 is 4.90 Å². The third-order valence-electron chi connectivity index (χ3n) is 5.48. The Morgan fingerprint density at radius 1 is 1.21 bits per heavy atom. The van der Waals surface area contributed by atoms with Crippen LogP contribution in [0.25, 0.3) is 5.52 Å². The van der Waals surface area contributed by atoms with Gasteiger partial charge in [0, 0.05) is 31.2 Å². The number of hydrogen-bond donors (Lipinski definition) is 0. The number of nitrogens with zero attached hydrogens (tertiary/aromatic N) is 4. The molecule has 0 bridgehead atoms. The molecule has 158 valence electrons. The summed E-state index contributed by atoms with van der Waals surface area (Å²) in [5, 5.41) is 4.43. The van der Waals surface area contributed by atoms with Crippen LogP contribution in [-0.4, -0.2) is 51.4 Å². The highest BCUT2D eigenvalue weighted by Crippen LogP contribution is 2.35. The van der Waals surface area contributed by atoms with Crippen LogP contribution in [0.5, 0.6) is 0 Å². The summed E-state index contributed by atoms with van der Waals surface area (Å²) in [4.78, 5) is 17.0. The number of halogens is 2. The van der Waals surface area contributed by atoms with E-state index < -0.39 is 5.60 Å². The zero-order chi connectivity index (χ0) is 20.9. The number of fused-ring (bicyclic) bond motifs is 1. The van der Waals surface area contributed by atoms with E-state index in [1.54, 1.807) is 10.6 Å². The van der Waals surface area contributed by atoms with E-state index in [4.69, 9.17) is 4.74 Å². The van der Waals surface area contributed by atoms with E-state index in [2.05, 4.69) is 10.00 Å². The molecule has 29 heavy (non-hydrogen) atoms. The van der Waals surface area contributed by atoms with Crippen LogP contribution in [0.3, 0.4) is 0 Å². The Morgan fingerprint density at radius 2 is 1.83 bits per heavy atom. The summed E-state index contributed by atoms with van der Waals surface area (Å²) < 4.78 is 22.3. The SMILES string of the molecule is Cc1cc2c(N3CCC(N(C(=O)OC(C)(C)C)C4CC4)CC3)cc(F)c(I)n2n1. The molecular weight excluding hydrogens is 486 g/mol. The molecule has 0 unspecified atom stereocenters. The Morgan fingerprint density at radius 3 is 2.41 bits per heavy atom. The van der Waals surface area contributed by atoms with Crippen molar-refractivity contribution < 1.29 is 13.9 Å². The van der Waals surface area contributed by atoms with Crippen molar-refractivity contribution in [2.75, 3.05) is 18.0 Å². The lowest BCUT2D eigenvalue weighted by molar-refractivity contribution is 0.0114. The van der Waals surface area contributed by atoms with E-state index in [0.717, 1.165) is 55.7 Å². The van der Waals surface area contributed by atoms with Gasteiger partial charge in [0.15, 0.2) is 5.82 Å². The molecular formula is C21H28FIN4O2. The number of rotatable bonds is 3. The molecule has 6 nitrogen and oxygen atoms in total. The van der Waals surface area contributed by atoms with Crippen LogP contribution >= 0.6 is 22.6 Å². The van der Waals surface area contributed by atoms with Crippen molar-refractivity contribution in [2.24, 2.45) is 0 Å². The topological polar surface area (TPSA) is 50.1 Å². The number of anilines is 1. The summed E-state index contributed by atoms with van der Waals surface area (Å²) in [5.74, 6) is -0.258. The highest BCUT2D eigenvalue weighted by atomic mass is 127. The van der Waals surface area contributed by atoms with Gasteiger partial charge in [0.25, 0.3) is 0 Å². The Labute approximate surface area is 184 Å². The molecule has 0 atom stereocenters. The molecule has 1 saturated carbocycles. The minimum Gasteiger partial charge on any atom is -0.444 e. The predicted octanol–water partition coefficient (Wildman–Crippen LogP) is 4.75. The van der Waals surface area contributed by atoms with E-state index in [9.17, 15) is 9.18 Å². The number of amides is 1. The summed E-state index contributed by atoms with van der Waals surface area (Å²) in [7, 11) is 0. The minimum atomic E-state index is -0.491. The van der Waals surface area contributed by atoms with Gasteiger partial charge in [0.2, 0.25) is 0 Å². The van der Waals surface area contributed by atoms with Crippen molar-refractivity contribution in [1.29, 1.82) is 0 Å². The first-order valence-electron chi connectivity index (χ1n) is 10.2. The molecule has 4 rings (SSSR count). The number of carbonyl (C=O) groups excluding carboxylic acids is 1. The number of pyridine rings is 1. The molecule has 0 spiro atoms. The van der Waals surface area contributed by atoms with E-state index in [-0.39, 0.29) is 18.0 Å². The Hall–Kier alpha value is -1.58. The molecule has 2 aromatic rings. The lowest BCUT2D eigenvalue weighted by atomic mass is 10.0. The highest BCUT2D eigenvalue weighted by molar-refractivity contribution is 14.1. The second-order valence-corrected chi connectivity index (χ2v) is 10.1. The molecule has 2 aromatic heterocycles. The molecule has 2 fully saturated rings. The number of aryl methyl sites for hydroxylation is 1. The van der Waals surface area contributed by atoms with E-state index in [0.29, 0.717) is 9.74 Å². The average Bonchev–Trinajstić information content (AvgIpc) is 3.38. The van der Waals surface area contributed by atoms with Crippen molar-refractivity contribution in [3.63, 3.8) is 0 Å². The second-order valence-electron chi connectivity index (χ2n) is 9.09. The van der Waals surface area contributed by atoms with Gasteiger partial charge in [-0.05, 0) is 82.0 Å². The van der Waals surface area contributed by atoms with Gasteiger partial charge in [0.05, 0.1) is 16.9 Å². The maximum atomic E-state index is 14.5.